The van der Waals surface area contributed by atoms with E-state index >= 15 is 0 Å². The van der Waals surface area contributed by atoms with E-state index in [4.69, 9.17) is 15.7 Å². The second kappa shape index (κ2) is 8.24. The number of amides is 1. The maximum Gasteiger partial charge on any atom is 0.257 e. The van der Waals surface area contributed by atoms with E-state index in [-0.39, 0.29) is 17.3 Å². The van der Waals surface area contributed by atoms with Gasteiger partial charge in [0.15, 0.2) is 5.65 Å². The molecule has 2 aromatic carbocycles. The van der Waals surface area contributed by atoms with Crippen LogP contribution in [0.1, 0.15) is 26.4 Å². The highest BCUT2D eigenvalue weighted by Gasteiger charge is 2.24. The van der Waals surface area contributed by atoms with Crippen LogP contribution in [0.2, 0.25) is 0 Å². The average molecular weight is 441 g/mol. The molecule has 3 N–H and O–H groups in total. The van der Waals surface area contributed by atoms with Gasteiger partial charge in [-0.15, -0.1) is 11.3 Å². The van der Waals surface area contributed by atoms with Crippen molar-refractivity contribution in [2.45, 2.75) is 13.5 Å². The van der Waals surface area contributed by atoms with E-state index in [1.54, 1.807) is 17.6 Å². The van der Waals surface area contributed by atoms with Crippen molar-refractivity contribution in [1.29, 1.82) is 0 Å². The molecule has 5 aromatic rings. The van der Waals surface area contributed by atoms with Gasteiger partial charge in [0.05, 0.1) is 23.8 Å². The molecular weight excluding hydrogens is 420 g/mol. The summed E-state index contributed by atoms with van der Waals surface area (Å²) in [6, 6.07) is 19.4. The standard InChI is InChI=1S/C24H20N6OS/c1-15-8-10-16(11-9-15)13-27-30-22(25)20(24(31)26-14-17-5-4-12-32-17)21-23(30)29-19-7-3-2-6-18(19)28-21/h2-13H,14,25H2,1H3,(H,26,31). The third-order valence-electron chi connectivity index (χ3n) is 5.10. The van der Waals surface area contributed by atoms with Crippen molar-refractivity contribution in [3.63, 3.8) is 0 Å². The van der Waals surface area contributed by atoms with Gasteiger partial charge in [0.25, 0.3) is 5.91 Å². The predicted molar refractivity (Wildman–Crippen MR) is 129 cm³/mol. The number of fused-ring (bicyclic) bond motifs is 2. The summed E-state index contributed by atoms with van der Waals surface area (Å²) in [5.74, 6) is -0.114. The normalized spacial score (nSPS) is 11.5. The van der Waals surface area contributed by atoms with E-state index in [9.17, 15) is 4.79 Å². The molecule has 5 rings (SSSR count). The number of anilines is 1. The number of nitrogen functional groups attached to an aromatic ring is 1. The summed E-state index contributed by atoms with van der Waals surface area (Å²) in [6.07, 6.45) is 1.69. The molecule has 0 spiro atoms. The predicted octanol–water partition coefficient (Wildman–Crippen LogP) is 4.35. The van der Waals surface area contributed by atoms with E-state index < -0.39 is 0 Å². The largest absolute Gasteiger partial charge is 0.383 e. The first-order valence-corrected chi connectivity index (χ1v) is 11.0. The number of carbonyl (C=O) groups excluding carboxylic acids is 1. The van der Waals surface area contributed by atoms with Crippen LogP contribution in [0.5, 0.6) is 0 Å². The Bertz CT molecular complexity index is 1450. The molecular formula is C24H20N6OS. The van der Waals surface area contributed by atoms with Crippen molar-refractivity contribution in [2.75, 3.05) is 5.73 Å². The Morgan fingerprint density at radius 2 is 1.84 bits per heavy atom. The summed E-state index contributed by atoms with van der Waals surface area (Å²) >= 11 is 1.58. The Morgan fingerprint density at radius 1 is 1.09 bits per heavy atom. The summed E-state index contributed by atoms with van der Waals surface area (Å²) in [5, 5.41) is 9.45. The quantitative estimate of drug-likeness (QED) is 0.397. The number of benzene rings is 2. The molecule has 0 aliphatic rings. The van der Waals surface area contributed by atoms with Crippen LogP contribution >= 0.6 is 11.3 Å². The Hall–Kier alpha value is -4.04. The summed E-state index contributed by atoms with van der Waals surface area (Å²) < 4.78 is 1.48. The SMILES string of the molecule is Cc1ccc(C=Nn2c(N)c(C(=O)NCc3cccs3)c3nc4ccccc4nc32)cc1. The van der Waals surface area contributed by atoms with Gasteiger partial charge in [-0.1, -0.05) is 48.0 Å². The zero-order chi connectivity index (χ0) is 22.1. The van der Waals surface area contributed by atoms with Crippen LogP contribution in [0.3, 0.4) is 0 Å². The smallest absolute Gasteiger partial charge is 0.257 e. The summed E-state index contributed by atoms with van der Waals surface area (Å²) in [5.41, 5.74) is 11.0. The van der Waals surface area contributed by atoms with Crippen molar-refractivity contribution in [3.05, 3.63) is 87.6 Å². The number of nitrogens with one attached hydrogen (secondary N) is 1. The number of thiophene rings is 1. The number of nitrogens with two attached hydrogens (primary N) is 1. The van der Waals surface area contributed by atoms with Crippen LogP contribution < -0.4 is 11.1 Å². The molecule has 0 fully saturated rings. The Morgan fingerprint density at radius 3 is 2.56 bits per heavy atom. The van der Waals surface area contributed by atoms with Crippen molar-refractivity contribution >= 4 is 51.5 Å². The highest BCUT2D eigenvalue weighted by molar-refractivity contribution is 7.09. The number of hydrogen-bond acceptors (Lipinski definition) is 6. The van der Waals surface area contributed by atoms with Crippen LogP contribution in [-0.4, -0.2) is 26.8 Å². The fourth-order valence-electron chi connectivity index (χ4n) is 3.43. The number of nitrogens with zero attached hydrogens (tertiary/aromatic N) is 4. The van der Waals surface area contributed by atoms with Gasteiger partial charge in [-0.05, 0) is 36.1 Å². The molecule has 8 heteroatoms. The van der Waals surface area contributed by atoms with Crippen molar-refractivity contribution in [3.8, 4) is 0 Å². The topological polar surface area (TPSA) is 98.2 Å². The molecule has 0 saturated heterocycles. The third kappa shape index (κ3) is 3.72. The number of para-hydroxylation sites is 2. The van der Waals surface area contributed by atoms with Gasteiger partial charge in [-0.2, -0.15) is 9.78 Å². The molecule has 1 amide bonds. The lowest BCUT2D eigenvalue weighted by Crippen LogP contribution is -2.23. The van der Waals surface area contributed by atoms with Crippen LogP contribution in [0.4, 0.5) is 5.82 Å². The monoisotopic (exact) mass is 440 g/mol. The van der Waals surface area contributed by atoms with Gasteiger partial charge in [0.1, 0.15) is 16.9 Å². The first kappa shape index (κ1) is 19.9. The third-order valence-corrected chi connectivity index (χ3v) is 5.98. The highest BCUT2D eigenvalue weighted by Crippen LogP contribution is 2.28. The molecule has 3 aromatic heterocycles. The summed E-state index contributed by atoms with van der Waals surface area (Å²) in [7, 11) is 0. The molecule has 7 nitrogen and oxygen atoms in total. The lowest BCUT2D eigenvalue weighted by Gasteiger charge is -2.04. The second-order valence-corrected chi connectivity index (χ2v) is 8.41. The molecule has 3 heterocycles. The highest BCUT2D eigenvalue weighted by atomic mass is 32.1. The van der Waals surface area contributed by atoms with Gasteiger partial charge >= 0.3 is 0 Å². The molecule has 0 aliphatic heterocycles. The summed E-state index contributed by atoms with van der Waals surface area (Å²) in [4.78, 5) is 23.6. The lowest BCUT2D eigenvalue weighted by atomic mass is 10.2. The Kier molecular flexibility index (Phi) is 5.12. The minimum atomic E-state index is -0.310. The number of aromatic nitrogens is 3. The number of carbonyl (C=O) groups is 1. The molecule has 0 aliphatic carbocycles. The maximum absolute atomic E-state index is 13.1. The fraction of sp³-hybridized carbons (Fsp3) is 0.0833. The molecule has 32 heavy (non-hydrogen) atoms. The molecule has 158 valence electrons. The molecule has 0 saturated carbocycles. The van der Waals surface area contributed by atoms with Crippen LogP contribution in [-0.2, 0) is 6.54 Å². The van der Waals surface area contributed by atoms with Crippen molar-refractivity contribution < 1.29 is 4.79 Å². The van der Waals surface area contributed by atoms with Crippen LogP contribution in [0.15, 0.2) is 71.1 Å². The van der Waals surface area contributed by atoms with Crippen LogP contribution in [0.25, 0.3) is 22.2 Å². The zero-order valence-electron chi connectivity index (χ0n) is 17.3. The van der Waals surface area contributed by atoms with Gasteiger partial charge in [0, 0.05) is 4.88 Å². The maximum atomic E-state index is 13.1. The number of aryl methyl sites for hydroxylation is 1. The van der Waals surface area contributed by atoms with E-state index in [1.807, 2.05) is 73.0 Å². The Labute approximate surface area is 188 Å². The van der Waals surface area contributed by atoms with E-state index in [1.165, 1.54) is 4.68 Å². The van der Waals surface area contributed by atoms with Crippen LogP contribution in [0, 0.1) is 6.92 Å². The summed E-state index contributed by atoms with van der Waals surface area (Å²) in [6.45, 7) is 2.44. The molecule has 0 radical (unpaired) electrons. The number of rotatable bonds is 5. The number of hydrogen-bond donors (Lipinski definition) is 2. The zero-order valence-corrected chi connectivity index (χ0v) is 18.1. The Balaban J connectivity index is 1.61. The van der Waals surface area contributed by atoms with Crippen molar-refractivity contribution in [2.24, 2.45) is 5.10 Å². The van der Waals surface area contributed by atoms with E-state index in [2.05, 4.69) is 10.4 Å². The van der Waals surface area contributed by atoms with Crippen molar-refractivity contribution in [1.82, 2.24) is 20.0 Å². The molecule has 0 unspecified atom stereocenters. The first-order valence-electron chi connectivity index (χ1n) is 10.1. The van der Waals surface area contributed by atoms with Gasteiger partial charge < -0.3 is 11.1 Å². The van der Waals surface area contributed by atoms with Gasteiger partial charge in [-0.3, -0.25) is 4.79 Å². The minimum absolute atomic E-state index is 0.197. The van der Waals surface area contributed by atoms with Gasteiger partial charge in [-0.25, -0.2) is 9.97 Å². The van der Waals surface area contributed by atoms with E-state index in [0.29, 0.717) is 28.7 Å². The fourth-order valence-corrected chi connectivity index (χ4v) is 4.08. The average Bonchev–Trinajstić information content (AvgIpc) is 3.41. The first-order chi connectivity index (χ1) is 15.6. The molecule has 0 atom stereocenters. The lowest BCUT2D eigenvalue weighted by molar-refractivity contribution is 0.0953. The molecule has 0 bridgehead atoms. The van der Waals surface area contributed by atoms with E-state index in [0.717, 1.165) is 16.0 Å². The minimum Gasteiger partial charge on any atom is -0.383 e. The second-order valence-electron chi connectivity index (χ2n) is 7.37. The van der Waals surface area contributed by atoms with Gasteiger partial charge in [0.2, 0.25) is 0 Å².